The maximum absolute atomic E-state index is 11.2. The van der Waals surface area contributed by atoms with E-state index >= 15 is 0 Å². The van der Waals surface area contributed by atoms with Crippen molar-refractivity contribution in [1.82, 2.24) is 10.6 Å². The van der Waals surface area contributed by atoms with Crippen LogP contribution in [-0.4, -0.2) is 25.5 Å². The molecule has 14 heavy (non-hydrogen) atoms. The zero-order chi connectivity index (χ0) is 10.2. The third-order valence-corrected chi connectivity index (χ3v) is 2.29. The molecule has 1 aliphatic carbocycles. The van der Waals surface area contributed by atoms with Gasteiger partial charge in [-0.1, -0.05) is 12.2 Å². The fourth-order valence-electron chi connectivity index (χ4n) is 1.20. The lowest BCUT2D eigenvalue weighted by Gasteiger charge is -2.04. The fraction of sp³-hybridized carbons (Fsp3) is 0.727. The van der Waals surface area contributed by atoms with Gasteiger partial charge in [0.05, 0.1) is 6.54 Å². The predicted molar refractivity (Wildman–Crippen MR) is 58.0 cm³/mol. The Morgan fingerprint density at radius 3 is 2.93 bits per heavy atom. The SMILES string of the molecule is C/C=C/CCNCC(=O)NCC1CC1. The van der Waals surface area contributed by atoms with Crippen LogP contribution in [0.5, 0.6) is 0 Å². The van der Waals surface area contributed by atoms with Crippen LogP contribution in [0.3, 0.4) is 0 Å². The van der Waals surface area contributed by atoms with Crippen LogP contribution in [0.2, 0.25) is 0 Å². The van der Waals surface area contributed by atoms with Gasteiger partial charge in [-0.25, -0.2) is 0 Å². The summed E-state index contributed by atoms with van der Waals surface area (Å²) in [7, 11) is 0. The molecule has 0 aromatic heterocycles. The van der Waals surface area contributed by atoms with E-state index in [1.807, 2.05) is 13.0 Å². The van der Waals surface area contributed by atoms with Crippen molar-refractivity contribution in [3.8, 4) is 0 Å². The quantitative estimate of drug-likeness (QED) is 0.472. The molecule has 1 saturated carbocycles. The Morgan fingerprint density at radius 1 is 1.50 bits per heavy atom. The lowest BCUT2D eigenvalue weighted by molar-refractivity contribution is -0.120. The lowest BCUT2D eigenvalue weighted by atomic mass is 10.3. The Bertz CT molecular complexity index is 197. The monoisotopic (exact) mass is 196 g/mol. The Morgan fingerprint density at radius 2 is 2.29 bits per heavy atom. The minimum atomic E-state index is 0.123. The Labute approximate surface area is 86.0 Å². The number of hydrogen-bond donors (Lipinski definition) is 2. The first kappa shape index (κ1) is 11.2. The van der Waals surface area contributed by atoms with Gasteiger partial charge in [0.15, 0.2) is 0 Å². The van der Waals surface area contributed by atoms with Crippen LogP contribution in [0.25, 0.3) is 0 Å². The second kappa shape index (κ2) is 6.60. The second-order valence-electron chi connectivity index (χ2n) is 3.78. The van der Waals surface area contributed by atoms with Crippen molar-refractivity contribution in [3.05, 3.63) is 12.2 Å². The fourth-order valence-corrected chi connectivity index (χ4v) is 1.20. The molecule has 0 aromatic rings. The van der Waals surface area contributed by atoms with Gasteiger partial charge >= 0.3 is 0 Å². The van der Waals surface area contributed by atoms with Crippen LogP contribution in [0.15, 0.2) is 12.2 Å². The Hall–Kier alpha value is -0.830. The third kappa shape index (κ3) is 5.75. The molecule has 1 amide bonds. The molecule has 0 saturated heterocycles. The first-order chi connectivity index (χ1) is 6.83. The molecule has 0 atom stereocenters. The van der Waals surface area contributed by atoms with Crippen molar-refractivity contribution < 1.29 is 4.79 Å². The lowest BCUT2D eigenvalue weighted by Crippen LogP contribution is -2.35. The molecule has 0 heterocycles. The summed E-state index contributed by atoms with van der Waals surface area (Å²) in [4.78, 5) is 11.2. The minimum Gasteiger partial charge on any atom is -0.355 e. The smallest absolute Gasteiger partial charge is 0.233 e. The molecule has 0 spiro atoms. The van der Waals surface area contributed by atoms with Gasteiger partial charge in [-0.15, -0.1) is 0 Å². The van der Waals surface area contributed by atoms with E-state index in [-0.39, 0.29) is 5.91 Å². The minimum absolute atomic E-state index is 0.123. The van der Waals surface area contributed by atoms with Crippen molar-refractivity contribution in [1.29, 1.82) is 0 Å². The number of rotatable bonds is 7. The highest BCUT2D eigenvalue weighted by atomic mass is 16.1. The molecule has 2 N–H and O–H groups in total. The van der Waals surface area contributed by atoms with Gasteiger partial charge in [0, 0.05) is 6.54 Å². The van der Waals surface area contributed by atoms with E-state index in [0.29, 0.717) is 6.54 Å². The van der Waals surface area contributed by atoms with E-state index in [9.17, 15) is 4.79 Å². The number of carbonyl (C=O) groups excluding carboxylic acids is 1. The van der Waals surface area contributed by atoms with Crippen molar-refractivity contribution in [2.75, 3.05) is 19.6 Å². The number of nitrogens with one attached hydrogen (secondary N) is 2. The zero-order valence-electron chi connectivity index (χ0n) is 8.88. The maximum Gasteiger partial charge on any atom is 0.233 e. The largest absolute Gasteiger partial charge is 0.355 e. The summed E-state index contributed by atoms with van der Waals surface area (Å²) in [6, 6.07) is 0. The highest BCUT2D eigenvalue weighted by molar-refractivity contribution is 5.77. The summed E-state index contributed by atoms with van der Waals surface area (Å²) < 4.78 is 0. The first-order valence-electron chi connectivity index (χ1n) is 5.41. The standard InChI is InChI=1S/C11H20N2O/c1-2-3-4-7-12-9-11(14)13-8-10-5-6-10/h2-3,10,12H,4-9H2,1H3,(H,13,14)/b3-2+. The van der Waals surface area contributed by atoms with E-state index in [1.54, 1.807) is 0 Å². The first-order valence-corrected chi connectivity index (χ1v) is 5.41. The average Bonchev–Trinajstić information content (AvgIpc) is 2.98. The molecular weight excluding hydrogens is 176 g/mol. The highest BCUT2D eigenvalue weighted by Crippen LogP contribution is 2.27. The van der Waals surface area contributed by atoms with E-state index in [1.165, 1.54) is 12.8 Å². The number of allylic oxidation sites excluding steroid dienone is 1. The molecule has 1 fully saturated rings. The topological polar surface area (TPSA) is 41.1 Å². The van der Waals surface area contributed by atoms with Crippen LogP contribution in [0.4, 0.5) is 0 Å². The van der Waals surface area contributed by atoms with Gasteiger partial charge in [0.2, 0.25) is 5.91 Å². The summed E-state index contributed by atoms with van der Waals surface area (Å²) in [5.74, 6) is 0.888. The van der Waals surface area contributed by atoms with Crippen LogP contribution in [-0.2, 0) is 4.79 Å². The van der Waals surface area contributed by atoms with Crippen LogP contribution in [0.1, 0.15) is 26.2 Å². The molecule has 0 aromatic carbocycles. The normalized spacial score (nSPS) is 16.1. The molecule has 0 unspecified atom stereocenters. The predicted octanol–water partition coefficient (Wildman–Crippen LogP) is 1.07. The molecule has 0 aliphatic heterocycles. The average molecular weight is 196 g/mol. The van der Waals surface area contributed by atoms with Crippen LogP contribution in [0, 0.1) is 5.92 Å². The molecule has 3 heteroatoms. The van der Waals surface area contributed by atoms with Gasteiger partial charge < -0.3 is 10.6 Å². The Balaban J connectivity index is 1.86. The zero-order valence-corrected chi connectivity index (χ0v) is 8.88. The summed E-state index contributed by atoms with van der Waals surface area (Å²) in [6.07, 6.45) is 7.68. The summed E-state index contributed by atoms with van der Waals surface area (Å²) >= 11 is 0. The van der Waals surface area contributed by atoms with E-state index < -0.39 is 0 Å². The number of amides is 1. The molecule has 1 aliphatic rings. The summed E-state index contributed by atoms with van der Waals surface area (Å²) in [6.45, 7) is 4.20. The van der Waals surface area contributed by atoms with Crippen LogP contribution < -0.4 is 10.6 Å². The second-order valence-corrected chi connectivity index (χ2v) is 3.78. The van der Waals surface area contributed by atoms with Gasteiger partial charge in [0.1, 0.15) is 0 Å². The molecule has 3 nitrogen and oxygen atoms in total. The molecule has 80 valence electrons. The highest BCUT2D eigenvalue weighted by Gasteiger charge is 2.21. The van der Waals surface area contributed by atoms with E-state index in [0.717, 1.165) is 25.4 Å². The number of carbonyl (C=O) groups is 1. The van der Waals surface area contributed by atoms with Gasteiger partial charge in [-0.2, -0.15) is 0 Å². The third-order valence-electron chi connectivity index (χ3n) is 2.29. The maximum atomic E-state index is 11.2. The summed E-state index contributed by atoms with van der Waals surface area (Å²) in [5.41, 5.74) is 0. The summed E-state index contributed by atoms with van der Waals surface area (Å²) in [5, 5.41) is 6.02. The number of hydrogen-bond acceptors (Lipinski definition) is 2. The Kier molecular flexibility index (Phi) is 5.30. The van der Waals surface area contributed by atoms with Crippen molar-refractivity contribution in [2.24, 2.45) is 5.92 Å². The molecule has 0 bridgehead atoms. The van der Waals surface area contributed by atoms with Crippen molar-refractivity contribution >= 4 is 5.91 Å². The van der Waals surface area contributed by atoms with Crippen LogP contribution >= 0.6 is 0 Å². The molecule has 0 radical (unpaired) electrons. The molecule has 1 rings (SSSR count). The van der Waals surface area contributed by atoms with Gasteiger partial charge in [0.25, 0.3) is 0 Å². The van der Waals surface area contributed by atoms with Gasteiger partial charge in [-0.3, -0.25) is 4.79 Å². The van der Waals surface area contributed by atoms with Crippen molar-refractivity contribution in [3.63, 3.8) is 0 Å². The van der Waals surface area contributed by atoms with Crippen molar-refractivity contribution in [2.45, 2.75) is 26.2 Å². The molecular formula is C11H20N2O. The van der Waals surface area contributed by atoms with E-state index in [2.05, 4.69) is 16.7 Å². The van der Waals surface area contributed by atoms with Gasteiger partial charge in [-0.05, 0) is 38.6 Å². The van der Waals surface area contributed by atoms with E-state index in [4.69, 9.17) is 0 Å².